The third kappa shape index (κ3) is 5.10. The van der Waals surface area contributed by atoms with Crippen molar-refractivity contribution in [3.05, 3.63) is 28.8 Å². The van der Waals surface area contributed by atoms with Gasteiger partial charge >= 0.3 is 5.97 Å². The van der Waals surface area contributed by atoms with Crippen LogP contribution in [0.5, 0.6) is 0 Å². The van der Waals surface area contributed by atoms with Crippen molar-refractivity contribution in [2.75, 3.05) is 17.6 Å². The minimum absolute atomic E-state index is 0.0719. The van der Waals surface area contributed by atoms with E-state index in [2.05, 4.69) is 5.32 Å². The maximum Gasteiger partial charge on any atom is 0.335 e. The van der Waals surface area contributed by atoms with Crippen LogP contribution in [-0.4, -0.2) is 34.5 Å². The molecule has 5 nitrogen and oxygen atoms in total. The van der Waals surface area contributed by atoms with Crippen LogP contribution in [0.2, 0.25) is 5.02 Å². The highest BCUT2D eigenvalue weighted by Gasteiger charge is 2.11. The number of hydrogen-bond acceptors (Lipinski definition) is 4. The van der Waals surface area contributed by atoms with Crippen LogP contribution in [0.3, 0.4) is 0 Å². The van der Waals surface area contributed by atoms with Crippen LogP contribution >= 0.6 is 23.4 Å². The van der Waals surface area contributed by atoms with E-state index in [9.17, 15) is 9.59 Å². The SMILES string of the molecule is CC(CN)SCC(=O)Nc1cc(C(=O)O)ccc1Cl. The van der Waals surface area contributed by atoms with E-state index in [1.54, 1.807) is 0 Å². The Labute approximate surface area is 120 Å². The standard InChI is InChI=1S/C12H15ClN2O3S/c1-7(5-14)19-6-11(16)15-10-4-8(12(17)18)2-3-9(10)13/h2-4,7H,5-6,14H2,1H3,(H,15,16)(H,17,18). The lowest BCUT2D eigenvalue weighted by Crippen LogP contribution is -2.19. The number of carboxylic acid groups (broad SMARTS) is 1. The Kier molecular flexibility index (Phi) is 6.14. The summed E-state index contributed by atoms with van der Waals surface area (Å²) >= 11 is 7.32. The summed E-state index contributed by atoms with van der Waals surface area (Å²) in [5.41, 5.74) is 5.82. The molecule has 1 rings (SSSR count). The molecule has 0 bridgehead atoms. The van der Waals surface area contributed by atoms with Gasteiger partial charge in [0.25, 0.3) is 0 Å². The number of halogens is 1. The average molecular weight is 303 g/mol. The first-order chi connectivity index (χ1) is 8.93. The van der Waals surface area contributed by atoms with Crippen molar-refractivity contribution in [2.45, 2.75) is 12.2 Å². The molecular formula is C12H15ClN2O3S. The average Bonchev–Trinajstić information content (AvgIpc) is 2.38. The van der Waals surface area contributed by atoms with Crippen molar-refractivity contribution in [3.63, 3.8) is 0 Å². The molecule has 0 aliphatic heterocycles. The zero-order valence-corrected chi connectivity index (χ0v) is 11.9. The first kappa shape index (κ1) is 15.8. The van der Waals surface area contributed by atoms with E-state index in [4.69, 9.17) is 22.4 Å². The number of carbonyl (C=O) groups is 2. The van der Waals surface area contributed by atoms with Crippen molar-refractivity contribution in [2.24, 2.45) is 5.73 Å². The lowest BCUT2D eigenvalue weighted by Gasteiger charge is -2.10. The van der Waals surface area contributed by atoms with Gasteiger partial charge in [0.2, 0.25) is 5.91 Å². The van der Waals surface area contributed by atoms with Crippen LogP contribution in [0.15, 0.2) is 18.2 Å². The van der Waals surface area contributed by atoms with Gasteiger partial charge in [0, 0.05) is 11.8 Å². The van der Waals surface area contributed by atoms with Crippen LogP contribution in [-0.2, 0) is 4.79 Å². The van der Waals surface area contributed by atoms with Crippen molar-refractivity contribution < 1.29 is 14.7 Å². The summed E-state index contributed by atoms with van der Waals surface area (Å²) in [6, 6.07) is 4.15. The van der Waals surface area contributed by atoms with Gasteiger partial charge in [0.05, 0.1) is 22.0 Å². The maximum atomic E-state index is 11.7. The molecule has 0 spiro atoms. The molecule has 1 amide bonds. The Bertz CT molecular complexity index is 482. The highest BCUT2D eigenvalue weighted by molar-refractivity contribution is 8.00. The Balaban J connectivity index is 2.68. The van der Waals surface area contributed by atoms with Crippen LogP contribution in [0.4, 0.5) is 5.69 Å². The molecule has 0 fully saturated rings. The predicted molar refractivity (Wildman–Crippen MR) is 78.0 cm³/mol. The number of thioether (sulfide) groups is 1. The number of aromatic carboxylic acids is 1. The molecule has 1 atom stereocenters. The lowest BCUT2D eigenvalue weighted by atomic mass is 10.2. The monoisotopic (exact) mass is 302 g/mol. The second-order valence-electron chi connectivity index (χ2n) is 3.91. The molecule has 19 heavy (non-hydrogen) atoms. The van der Waals surface area contributed by atoms with Crippen LogP contribution in [0, 0.1) is 0 Å². The summed E-state index contributed by atoms with van der Waals surface area (Å²) in [6.45, 7) is 2.42. The minimum atomic E-state index is -1.07. The van der Waals surface area contributed by atoms with Crippen molar-refractivity contribution in [1.82, 2.24) is 0 Å². The van der Waals surface area contributed by atoms with Crippen LogP contribution in [0.25, 0.3) is 0 Å². The van der Waals surface area contributed by atoms with E-state index in [1.807, 2.05) is 6.92 Å². The van der Waals surface area contributed by atoms with Crippen molar-refractivity contribution >= 4 is 40.9 Å². The number of anilines is 1. The smallest absolute Gasteiger partial charge is 0.335 e. The molecule has 0 saturated carbocycles. The number of rotatable bonds is 6. The highest BCUT2D eigenvalue weighted by Crippen LogP contribution is 2.23. The molecule has 0 aromatic heterocycles. The number of amides is 1. The number of carbonyl (C=O) groups excluding carboxylic acids is 1. The maximum absolute atomic E-state index is 11.7. The third-order valence-electron chi connectivity index (χ3n) is 2.32. The Morgan fingerprint density at radius 3 is 2.79 bits per heavy atom. The molecule has 0 radical (unpaired) electrons. The minimum Gasteiger partial charge on any atom is -0.478 e. The molecule has 0 aliphatic carbocycles. The number of nitrogens with one attached hydrogen (secondary N) is 1. The van der Waals surface area contributed by atoms with E-state index in [1.165, 1.54) is 30.0 Å². The van der Waals surface area contributed by atoms with Gasteiger partial charge in [-0.15, -0.1) is 11.8 Å². The van der Waals surface area contributed by atoms with Gasteiger partial charge in [-0.3, -0.25) is 4.79 Å². The second-order valence-corrected chi connectivity index (χ2v) is 5.74. The molecule has 1 aromatic rings. The van der Waals surface area contributed by atoms with Crippen molar-refractivity contribution in [3.8, 4) is 0 Å². The van der Waals surface area contributed by atoms with Crippen LogP contribution < -0.4 is 11.1 Å². The Morgan fingerprint density at radius 1 is 1.53 bits per heavy atom. The van der Waals surface area contributed by atoms with E-state index in [0.717, 1.165) is 0 Å². The molecular weight excluding hydrogens is 288 g/mol. The lowest BCUT2D eigenvalue weighted by molar-refractivity contribution is -0.113. The quantitative estimate of drug-likeness (QED) is 0.748. The predicted octanol–water partition coefficient (Wildman–Crippen LogP) is 2.06. The zero-order chi connectivity index (χ0) is 14.4. The number of hydrogen-bond donors (Lipinski definition) is 3. The fourth-order valence-electron chi connectivity index (χ4n) is 1.23. The third-order valence-corrected chi connectivity index (χ3v) is 3.84. The van der Waals surface area contributed by atoms with E-state index >= 15 is 0 Å². The Hall–Kier alpha value is -1.24. The molecule has 104 valence electrons. The van der Waals surface area contributed by atoms with Gasteiger partial charge in [0.1, 0.15) is 0 Å². The number of benzene rings is 1. The van der Waals surface area contributed by atoms with Gasteiger partial charge in [-0.1, -0.05) is 18.5 Å². The number of nitrogens with two attached hydrogens (primary N) is 1. The van der Waals surface area contributed by atoms with Gasteiger partial charge < -0.3 is 16.2 Å². The fourth-order valence-corrected chi connectivity index (χ4v) is 2.04. The summed E-state index contributed by atoms with van der Waals surface area (Å²) in [5, 5.41) is 11.9. The first-order valence-electron chi connectivity index (χ1n) is 5.58. The normalized spacial score (nSPS) is 11.9. The molecule has 4 N–H and O–H groups in total. The summed E-state index contributed by atoms with van der Waals surface area (Å²) in [5.74, 6) is -1.07. The highest BCUT2D eigenvalue weighted by atomic mass is 35.5. The van der Waals surface area contributed by atoms with Gasteiger partial charge in [0.15, 0.2) is 0 Å². The zero-order valence-electron chi connectivity index (χ0n) is 10.4. The van der Waals surface area contributed by atoms with Gasteiger partial charge in [-0.2, -0.15) is 0 Å². The van der Waals surface area contributed by atoms with E-state index in [-0.39, 0.29) is 22.5 Å². The molecule has 7 heteroatoms. The summed E-state index contributed by atoms with van der Waals surface area (Å²) in [6.07, 6.45) is 0. The van der Waals surface area contributed by atoms with E-state index < -0.39 is 5.97 Å². The van der Waals surface area contributed by atoms with Gasteiger partial charge in [-0.05, 0) is 18.2 Å². The van der Waals surface area contributed by atoms with Crippen molar-refractivity contribution in [1.29, 1.82) is 0 Å². The summed E-state index contributed by atoms with van der Waals surface area (Å²) in [7, 11) is 0. The largest absolute Gasteiger partial charge is 0.478 e. The van der Waals surface area contributed by atoms with E-state index in [0.29, 0.717) is 17.3 Å². The first-order valence-corrected chi connectivity index (χ1v) is 7.01. The molecule has 0 heterocycles. The van der Waals surface area contributed by atoms with Gasteiger partial charge in [-0.25, -0.2) is 4.79 Å². The summed E-state index contributed by atoms with van der Waals surface area (Å²) < 4.78 is 0. The second kappa shape index (κ2) is 7.37. The molecule has 1 unspecified atom stereocenters. The van der Waals surface area contributed by atoms with Crippen LogP contribution in [0.1, 0.15) is 17.3 Å². The topological polar surface area (TPSA) is 92.4 Å². The number of carboxylic acids is 1. The summed E-state index contributed by atoms with van der Waals surface area (Å²) in [4.78, 5) is 22.5. The molecule has 0 aliphatic rings. The molecule has 1 aromatic carbocycles. The molecule has 0 saturated heterocycles. The fraction of sp³-hybridized carbons (Fsp3) is 0.333. The Morgan fingerprint density at radius 2 is 2.21 bits per heavy atom.